The highest BCUT2D eigenvalue weighted by molar-refractivity contribution is 5.99. The SMILES string of the molecule is CC(C)(C)NCCNc1cc(C(N)=O)cc(C(N)=O)c1. The van der Waals surface area contributed by atoms with Gasteiger partial charge in [0.15, 0.2) is 0 Å². The smallest absolute Gasteiger partial charge is 0.248 e. The lowest BCUT2D eigenvalue weighted by Crippen LogP contribution is -2.38. The molecule has 0 aliphatic carbocycles. The van der Waals surface area contributed by atoms with Crippen molar-refractivity contribution in [3.63, 3.8) is 0 Å². The second-order valence-electron chi connectivity index (χ2n) is 5.63. The fourth-order valence-corrected chi connectivity index (χ4v) is 1.66. The third kappa shape index (κ3) is 5.27. The van der Waals surface area contributed by atoms with Crippen LogP contribution >= 0.6 is 0 Å². The standard InChI is InChI=1S/C14H22N4O2/c1-14(2,3)18-5-4-17-11-7-9(12(15)19)6-10(8-11)13(16)20/h6-8,17-18H,4-5H2,1-3H3,(H2,15,19)(H2,16,20). The molecule has 0 saturated heterocycles. The van der Waals surface area contributed by atoms with Crippen LogP contribution in [0.2, 0.25) is 0 Å². The van der Waals surface area contributed by atoms with Gasteiger partial charge in [-0.05, 0) is 39.0 Å². The van der Waals surface area contributed by atoms with Gasteiger partial charge in [-0.15, -0.1) is 0 Å². The molecule has 110 valence electrons. The van der Waals surface area contributed by atoms with E-state index in [-0.39, 0.29) is 16.7 Å². The predicted molar refractivity (Wildman–Crippen MR) is 79.7 cm³/mol. The fraction of sp³-hybridized carbons (Fsp3) is 0.429. The van der Waals surface area contributed by atoms with Crippen LogP contribution in [-0.4, -0.2) is 30.4 Å². The van der Waals surface area contributed by atoms with Crippen LogP contribution in [-0.2, 0) is 0 Å². The predicted octanol–water partition coefficient (Wildman–Crippen LogP) is 0.684. The number of primary amides is 2. The van der Waals surface area contributed by atoms with Crippen molar-refractivity contribution in [2.75, 3.05) is 18.4 Å². The van der Waals surface area contributed by atoms with E-state index >= 15 is 0 Å². The lowest BCUT2D eigenvalue weighted by atomic mass is 10.1. The molecular weight excluding hydrogens is 256 g/mol. The Kier molecular flexibility index (Phi) is 5.10. The number of nitrogens with two attached hydrogens (primary N) is 2. The van der Waals surface area contributed by atoms with Crippen molar-refractivity contribution in [1.82, 2.24) is 5.32 Å². The number of carbonyl (C=O) groups is 2. The summed E-state index contributed by atoms with van der Waals surface area (Å²) in [5, 5.41) is 6.45. The van der Waals surface area contributed by atoms with Gasteiger partial charge >= 0.3 is 0 Å². The monoisotopic (exact) mass is 278 g/mol. The van der Waals surface area contributed by atoms with E-state index in [0.29, 0.717) is 12.2 Å². The second kappa shape index (κ2) is 6.38. The number of hydrogen-bond donors (Lipinski definition) is 4. The Bertz CT molecular complexity index is 474. The van der Waals surface area contributed by atoms with Crippen molar-refractivity contribution >= 4 is 17.5 Å². The zero-order chi connectivity index (χ0) is 15.3. The molecule has 0 atom stereocenters. The van der Waals surface area contributed by atoms with E-state index in [9.17, 15) is 9.59 Å². The first-order chi connectivity index (χ1) is 9.19. The molecule has 6 N–H and O–H groups in total. The summed E-state index contributed by atoms with van der Waals surface area (Å²) in [7, 11) is 0. The van der Waals surface area contributed by atoms with Crippen LogP contribution in [0.25, 0.3) is 0 Å². The number of benzene rings is 1. The van der Waals surface area contributed by atoms with Crippen molar-refractivity contribution in [2.24, 2.45) is 11.5 Å². The summed E-state index contributed by atoms with van der Waals surface area (Å²) in [5.74, 6) is -1.19. The maximum Gasteiger partial charge on any atom is 0.248 e. The van der Waals surface area contributed by atoms with E-state index in [2.05, 4.69) is 31.4 Å². The molecule has 2 amide bonds. The van der Waals surface area contributed by atoms with Crippen molar-refractivity contribution < 1.29 is 9.59 Å². The fourth-order valence-electron chi connectivity index (χ4n) is 1.66. The molecule has 6 heteroatoms. The number of nitrogens with one attached hydrogen (secondary N) is 2. The van der Waals surface area contributed by atoms with Crippen LogP contribution in [0.15, 0.2) is 18.2 Å². The molecule has 0 heterocycles. The number of rotatable bonds is 6. The molecule has 20 heavy (non-hydrogen) atoms. The molecule has 0 radical (unpaired) electrons. The van der Waals surface area contributed by atoms with E-state index in [0.717, 1.165) is 6.54 Å². The van der Waals surface area contributed by atoms with Crippen molar-refractivity contribution in [2.45, 2.75) is 26.3 Å². The molecule has 0 bridgehead atoms. The van der Waals surface area contributed by atoms with Gasteiger partial charge in [-0.2, -0.15) is 0 Å². The molecule has 0 aromatic heterocycles. The van der Waals surface area contributed by atoms with E-state index in [1.165, 1.54) is 6.07 Å². The summed E-state index contributed by atoms with van der Waals surface area (Å²) < 4.78 is 0. The minimum absolute atomic E-state index is 0.0368. The first-order valence-electron chi connectivity index (χ1n) is 6.42. The van der Waals surface area contributed by atoms with Gasteiger partial charge < -0.3 is 22.1 Å². The maximum absolute atomic E-state index is 11.2. The van der Waals surface area contributed by atoms with E-state index in [4.69, 9.17) is 11.5 Å². The second-order valence-corrected chi connectivity index (χ2v) is 5.63. The minimum Gasteiger partial charge on any atom is -0.384 e. The van der Waals surface area contributed by atoms with Crippen LogP contribution < -0.4 is 22.1 Å². The Balaban J connectivity index is 2.74. The molecule has 1 aromatic rings. The maximum atomic E-state index is 11.2. The van der Waals surface area contributed by atoms with Crippen LogP contribution in [0.4, 0.5) is 5.69 Å². The molecule has 0 aliphatic rings. The van der Waals surface area contributed by atoms with Gasteiger partial charge in [-0.1, -0.05) is 0 Å². The van der Waals surface area contributed by atoms with Crippen LogP contribution in [0.1, 0.15) is 41.5 Å². The molecule has 0 spiro atoms. The first kappa shape index (κ1) is 16.0. The average Bonchev–Trinajstić information content (AvgIpc) is 2.33. The average molecular weight is 278 g/mol. The van der Waals surface area contributed by atoms with Crippen LogP contribution in [0.5, 0.6) is 0 Å². The zero-order valence-corrected chi connectivity index (χ0v) is 12.1. The summed E-state index contributed by atoms with van der Waals surface area (Å²) in [4.78, 5) is 22.4. The number of amides is 2. The molecule has 0 unspecified atom stereocenters. The Labute approximate surface area is 118 Å². The Morgan fingerprint density at radius 2 is 1.50 bits per heavy atom. The molecule has 6 nitrogen and oxygen atoms in total. The third-order valence-electron chi connectivity index (χ3n) is 2.61. The minimum atomic E-state index is -0.594. The molecule has 0 aliphatic heterocycles. The van der Waals surface area contributed by atoms with Crippen molar-refractivity contribution in [1.29, 1.82) is 0 Å². The van der Waals surface area contributed by atoms with Gasteiger partial charge in [-0.3, -0.25) is 9.59 Å². The van der Waals surface area contributed by atoms with Gasteiger partial charge in [0.25, 0.3) is 0 Å². The number of anilines is 1. The van der Waals surface area contributed by atoms with Gasteiger partial charge in [0, 0.05) is 35.4 Å². The summed E-state index contributed by atoms with van der Waals surface area (Å²) in [6, 6.07) is 4.60. The van der Waals surface area contributed by atoms with Crippen LogP contribution in [0, 0.1) is 0 Å². The Hall–Kier alpha value is -2.08. The number of hydrogen-bond acceptors (Lipinski definition) is 4. The number of carbonyl (C=O) groups excluding carboxylic acids is 2. The zero-order valence-electron chi connectivity index (χ0n) is 12.1. The molecule has 1 rings (SSSR count). The van der Waals surface area contributed by atoms with E-state index < -0.39 is 11.8 Å². The Morgan fingerprint density at radius 3 is 1.90 bits per heavy atom. The summed E-state index contributed by atoms with van der Waals surface area (Å²) >= 11 is 0. The summed E-state index contributed by atoms with van der Waals surface area (Å²) in [6.45, 7) is 7.62. The van der Waals surface area contributed by atoms with Gasteiger partial charge in [-0.25, -0.2) is 0 Å². The third-order valence-corrected chi connectivity index (χ3v) is 2.61. The molecule has 1 aromatic carbocycles. The van der Waals surface area contributed by atoms with Gasteiger partial charge in [0.2, 0.25) is 11.8 Å². The highest BCUT2D eigenvalue weighted by Crippen LogP contribution is 2.14. The Morgan fingerprint density at radius 1 is 1.00 bits per heavy atom. The van der Waals surface area contributed by atoms with Crippen molar-refractivity contribution in [3.05, 3.63) is 29.3 Å². The normalized spacial score (nSPS) is 11.2. The largest absolute Gasteiger partial charge is 0.384 e. The summed E-state index contributed by atoms with van der Waals surface area (Å²) in [5.41, 5.74) is 11.7. The summed E-state index contributed by atoms with van der Waals surface area (Å²) in [6.07, 6.45) is 0. The lowest BCUT2D eigenvalue weighted by molar-refractivity contribution is 0.0999. The van der Waals surface area contributed by atoms with Gasteiger partial charge in [0.1, 0.15) is 0 Å². The van der Waals surface area contributed by atoms with E-state index in [1.807, 2.05) is 0 Å². The van der Waals surface area contributed by atoms with Crippen LogP contribution in [0.3, 0.4) is 0 Å². The topological polar surface area (TPSA) is 110 Å². The molecule has 0 saturated carbocycles. The van der Waals surface area contributed by atoms with Gasteiger partial charge in [0.05, 0.1) is 0 Å². The highest BCUT2D eigenvalue weighted by atomic mass is 16.1. The lowest BCUT2D eigenvalue weighted by Gasteiger charge is -2.20. The molecular formula is C14H22N4O2. The van der Waals surface area contributed by atoms with Crippen molar-refractivity contribution in [3.8, 4) is 0 Å². The first-order valence-corrected chi connectivity index (χ1v) is 6.42. The highest BCUT2D eigenvalue weighted by Gasteiger charge is 2.10. The van der Waals surface area contributed by atoms with E-state index in [1.54, 1.807) is 12.1 Å². The quantitative estimate of drug-likeness (QED) is 0.574. The molecule has 0 fully saturated rings.